The van der Waals surface area contributed by atoms with Crippen LogP contribution in [-0.2, 0) is 0 Å². The molecule has 15 heavy (non-hydrogen) atoms. The van der Waals surface area contributed by atoms with Crippen LogP contribution in [0, 0.1) is 11.3 Å². The Morgan fingerprint density at radius 2 is 2.27 bits per heavy atom. The monoisotopic (exact) mass is 211 g/mol. The molecular weight excluding hydrogens is 186 g/mol. The lowest BCUT2D eigenvalue weighted by atomic mass is 9.88. The molecule has 0 fully saturated rings. The zero-order chi connectivity index (χ0) is 11.1. The van der Waals surface area contributed by atoms with Crippen LogP contribution in [-0.4, -0.2) is 24.8 Å². The van der Waals surface area contributed by atoms with E-state index >= 15 is 0 Å². The molecule has 1 rings (SSSR count). The first-order valence-electron chi connectivity index (χ1n) is 6.17. The molecule has 2 nitrogen and oxygen atoms in total. The first kappa shape index (κ1) is 12.7. The highest BCUT2D eigenvalue weighted by molar-refractivity contribution is 4.90. The fourth-order valence-corrected chi connectivity index (χ4v) is 1.91. The molecule has 0 bridgehead atoms. The van der Waals surface area contributed by atoms with Crippen LogP contribution in [0.5, 0.6) is 0 Å². The van der Waals surface area contributed by atoms with Crippen LogP contribution in [0.15, 0.2) is 12.2 Å². The van der Waals surface area contributed by atoms with E-state index in [2.05, 4.69) is 31.3 Å². The van der Waals surface area contributed by atoms with E-state index in [0.717, 1.165) is 25.4 Å². The lowest BCUT2D eigenvalue weighted by Crippen LogP contribution is -2.36. The highest BCUT2D eigenvalue weighted by Gasteiger charge is 2.20. The summed E-state index contributed by atoms with van der Waals surface area (Å²) in [5, 5.41) is 12.8. The van der Waals surface area contributed by atoms with E-state index in [-0.39, 0.29) is 12.0 Å². The van der Waals surface area contributed by atoms with Gasteiger partial charge in [-0.15, -0.1) is 0 Å². The van der Waals surface area contributed by atoms with Gasteiger partial charge in [-0.05, 0) is 38.1 Å². The van der Waals surface area contributed by atoms with E-state index in [1.54, 1.807) is 0 Å². The number of hydrogen-bond donors (Lipinski definition) is 2. The lowest BCUT2D eigenvalue weighted by molar-refractivity contribution is 0.134. The maximum atomic E-state index is 9.27. The van der Waals surface area contributed by atoms with Gasteiger partial charge in [0.15, 0.2) is 0 Å². The average Bonchev–Trinajstić information content (AvgIpc) is 2.30. The summed E-state index contributed by atoms with van der Waals surface area (Å²) in [7, 11) is 0. The predicted octanol–water partition coefficient (Wildman–Crippen LogP) is 2.34. The van der Waals surface area contributed by atoms with Gasteiger partial charge in [0.05, 0.1) is 0 Å². The van der Waals surface area contributed by atoms with Gasteiger partial charge in [0.25, 0.3) is 0 Å². The fraction of sp³-hybridized carbons (Fsp3) is 0.846. The summed E-state index contributed by atoms with van der Waals surface area (Å²) in [4.78, 5) is 0. The average molecular weight is 211 g/mol. The number of rotatable bonds is 6. The molecule has 2 unspecified atom stereocenters. The third-order valence-corrected chi connectivity index (χ3v) is 3.60. The summed E-state index contributed by atoms with van der Waals surface area (Å²) in [5.74, 6) is 0.801. The molecule has 88 valence electrons. The van der Waals surface area contributed by atoms with E-state index < -0.39 is 0 Å². The maximum absolute atomic E-state index is 9.27. The molecule has 0 heterocycles. The van der Waals surface area contributed by atoms with Crippen molar-refractivity contribution in [3.63, 3.8) is 0 Å². The van der Waals surface area contributed by atoms with Crippen LogP contribution in [0.2, 0.25) is 0 Å². The molecule has 0 radical (unpaired) electrons. The Labute approximate surface area is 93.8 Å². The van der Waals surface area contributed by atoms with E-state index in [4.69, 9.17) is 0 Å². The third-order valence-electron chi connectivity index (χ3n) is 3.60. The summed E-state index contributed by atoms with van der Waals surface area (Å²) < 4.78 is 0. The Bertz CT molecular complexity index is 197. The normalized spacial score (nSPS) is 25.1. The zero-order valence-electron chi connectivity index (χ0n) is 10.1. The van der Waals surface area contributed by atoms with Gasteiger partial charge in [0.1, 0.15) is 0 Å². The van der Waals surface area contributed by atoms with Gasteiger partial charge in [0.2, 0.25) is 0 Å². The molecule has 0 aliphatic heterocycles. The van der Waals surface area contributed by atoms with Gasteiger partial charge >= 0.3 is 0 Å². The smallest absolute Gasteiger partial charge is 0.0496 e. The highest BCUT2D eigenvalue weighted by atomic mass is 16.3. The van der Waals surface area contributed by atoms with Gasteiger partial charge in [-0.2, -0.15) is 0 Å². The zero-order valence-corrected chi connectivity index (χ0v) is 10.1. The first-order valence-corrected chi connectivity index (χ1v) is 6.17. The Balaban J connectivity index is 2.17. The minimum absolute atomic E-state index is 0.0600. The van der Waals surface area contributed by atoms with Gasteiger partial charge in [0, 0.05) is 18.6 Å². The van der Waals surface area contributed by atoms with Gasteiger partial charge in [-0.25, -0.2) is 0 Å². The Kier molecular flexibility index (Phi) is 5.34. The van der Waals surface area contributed by atoms with Crippen molar-refractivity contribution in [1.82, 2.24) is 5.32 Å². The third kappa shape index (κ3) is 4.35. The maximum Gasteiger partial charge on any atom is 0.0496 e. The molecule has 0 aromatic heterocycles. The van der Waals surface area contributed by atoms with Gasteiger partial charge < -0.3 is 10.4 Å². The Morgan fingerprint density at radius 1 is 1.47 bits per heavy atom. The standard InChI is InChI=1S/C13H25NO/c1-3-13(2,11-15)10-14-9-12-7-5-4-6-8-12/h4-5,12,14-15H,3,6-11H2,1-2H3. The van der Waals surface area contributed by atoms with Crippen molar-refractivity contribution in [2.75, 3.05) is 19.7 Å². The minimum atomic E-state index is 0.0600. The van der Waals surface area contributed by atoms with Crippen molar-refractivity contribution in [2.45, 2.75) is 39.5 Å². The van der Waals surface area contributed by atoms with Crippen molar-refractivity contribution in [2.24, 2.45) is 11.3 Å². The highest BCUT2D eigenvalue weighted by Crippen LogP contribution is 2.20. The largest absolute Gasteiger partial charge is 0.396 e. The lowest BCUT2D eigenvalue weighted by Gasteiger charge is -2.27. The molecule has 2 atom stereocenters. The predicted molar refractivity (Wildman–Crippen MR) is 64.8 cm³/mol. The van der Waals surface area contributed by atoms with Crippen LogP contribution in [0.25, 0.3) is 0 Å². The SMILES string of the molecule is CCC(C)(CO)CNCC1CC=CCC1. The molecule has 0 spiro atoms. The summed E-state index contributed by atoms with van der Waals surface area (Å²) in [5.41, 5.74) is 0.0600. The van der Waals surface area contributed by atoms with E-state index in [1.807, 2.05) is 0 Å². The molecule has 0 aromatic rings. The van der Waals surface area contributed by atoms with Crippen LogP contribution in [0.3, 0.4) is 0 Å². The first-order chi connectivity index (χ1) is 7.20. The number of aliphatic hydroxyl groups excluding tert-OH is 1. The van der Waals surface area contributed by atoms with Crippen molar-refractivity contribution in [3.05, 3.63) is 12.2 Å². The number of aliphatic hydroxyl groups is 1. The van der Waals surface area contributed by atoms with Gasteiger partial charge in [-0.1, -0.05) is 26.0 Å². The fourth-order valence-electron chi connectivity index (χ4n) is 1.91. The number of allylic oxidation sites excluding steroid dienone is 2. The number of hydrogen-bond acceptors (Lipinski definition) is 2. The van der Waals surface area contributed by atoms with Gasteiger partial charge in [-0.3, -0.25) is 0 Å². The Hall–Kier alpha value is -0.340. The topological polar surface area (TPSA) is 32.3 Å². The van der Waals surface area contributed by atoms with E-state index in [1.165, 1.54) is 19.3 Å². The van der Waals surface area contributed by atoms with Crippen molar-refractivity contribution < 1.29 is 5.11 Å². The summed E-state index contributed by atoms with van der Waals surface area (Å²) in [6.07, 6.45) is 9.36. The van der Waals surface area contributed by atoms with Crippen LogP contribution >= 0.6 is 0 Å². The number of nitrogens with one attached hydrogen (secondary N) is 1. The molecule has 2 N–H and O–H groups in total. The molecular formula is C13H25NO. The van der Waals surface area contributed by atoms with Crippen LogP contribution in [0.1, 0.15) is 39.5 Å². The Morgan fingerprint density at radius 3 is 2.80 bits per heavy atom. The molecule has 0 amide bonds. The molecule has 1 aliphatic rings. The van der Waals surface area contributed by atoms with Crippen molar-refractivity contribution in [3.8, 4) is 0 Å². The second-order valence-electron chi connectivity index (χ2n) is 5.10. The van der Waals surface area contributed by atoms with Crippen molar-refractivity contribution >= 4 is 0 Å². The van der Waals surface area contributed by atoms with Crippen LogP contribution < -0.4 is 5.32 Å². The molecule has 0 aromatic carbocycles. The second kappa shape index (κ2) is 6.29. The molecule has 0 saturated carbocycles. The second-order valence-corrected chi connectivity index (χ2v) is 5.10. The van der Waals surface area contributed by atoms with E-state index in [0.29, 0.717) is 0 Å². The van der Waals surface area contributed by atoms with Crippen LogP contribution in [0.4, 0.5) is 0 Å². The summed E-state index contributed by atoms with van der Waals surface area (Å²) >= 11 is 0. The quantitative estimate of drug-likeness (QED) is 0.661. The molecule has 2 heteroatoms. The molecule has 1 aliphatic carbocycles. The van der Waals surface area contributed by atoms with Crippen molar-refractivity contribution in [1.29, 1.82) is 0 Å². The minimum Gasteiger partial charge on any atom is -0.396 e. The van der Waals surface area contributed by atoms with E-state index in [9.17, 15) is 5.11 Å². The summed E-state index contributed by atoms with van der Waals surface area (Å²) in [6.45, 7) is 6.59. The summed E-state index contributed by atoms with van der Waals surface area (Å²) in [6, 6.07) is 0. The molecule has 0 saturated heterocycles.